The number of hydrogen-bond donors (Lipinski definition) is 2. The van der Waals surface area contributed by atoms with Crippen LogP contribution >= 0.6 is 11.6 Å². The highest BCUT2D eigenvalue weighted by Gasteiger charge is 2.42. The lowest BCUT2D eigenvalue weighted by Gasteiger charge is -2.37. The number of amides is 4. The van der Waals surface area contributed by atoms with Crippen LogP contribution in [0.25, 0.3) is 0 Å². The zero-order valence-corrected chi connectivity index (χ0v) is 15.7. The molecule has 8 heteroatoms. The molecule has 0 aliphatic carbocycles. The summed E-state index contributed by atoms with van der Waals surface area (Å²) < 4.78 is 0. The Morgan fingerprint density at radius 2 is 1.92 bits per heavy atom. The number of hydrogen-bond acceptors (Lipinski definition) is 4. The minimum absolute atomic E-state index is 0.00709. The summed E-state index contributed by atoms with van der Waals surface area (Å²) in [7, 11) is 0. The van der Waals surface area contributed by atoms with Gasteiger partial charge in [-0.05, 0) is 44.0 Å². The minimum Gasteiger partial charge on any atom is -0.368 e. The highest BCUT2D eigenvalue weighted by atomic mass is 35.5. The Morgan fingerprint density at radius 3 is 2.50 bits per heavy atom. The van der Waals surface area contributed by atoms with E-state index in [0.717, 1.165) is 29.4 Å². The maximum absolute atomic E-state index is 12.5. The number of imide groups is 1. The van der Waals surface area contributed by atoms with E-state index in [1.807, 2.05) is 30.0 Å². The van der Waals surface area contributed by atoms with Gasteiger partial charge in [0.1, 0.15) is 5.54 Å². The van der Waals surface area contributed by atoms with Gasteiger partial charge in [0.15, 0.2) is 0 Å². The van der Waals surface area contributed by atoms with Crippen LogP contribution in [0.15, 0.2) is 18.2 Å². The van der Waals surface area contributed by atoms with Gasteiger partial charge in [-0.15, -0.1) is 0 Å². The fourth-order valence-corrected chi connectivity index (χ4v) is 3.67. The molecule has 4 amide bonds. The fourth-order valence-electron chi connectivity index (χ4n) is 3.44. The quantitative estimate of drug-likeness (QED) is 0.781. The topological polar surface area (TPSA) is 81.8 Å². The first-order valence-electron chi connectivity index (χ1n) is 8.71. The van der Waals surface area contributed by atoms with Gasteiger partial charge >= 0.3 is 6.03 Å². The molecular formula is C18H23ClN4O3. The second kappa shape index (κ2) is 7.15. The van der Waals surface area contributed by atoms with Crippen LogP contribution < -0.4 is 15.5 Å². The molecule has 1 aromatic carbocycles. The van der Waals surface area contributed by atoms with Gasteiger partial charge in [-0.1, -0.05) is 11.6 Å². The smallest absolute Gasteiger partial charge is 0.322 e. The summed E-state index contributed by atoms with van der Waals surface area (Å²) in [5.41, 5.74) is 1.25. The zero-order valence-electron chi connectivity index (χ0n) is 15.0. The van der Waals surface area contributed by atoms with E-state index in [1.54, 1.807) is 6.92 Å². The van der Waals surface area contributed by atoms with Crippen LogP contribution in [0.2, 0.25) is 5.02 Å². The molecule has 1 unspecified atom stereocenters. The number of nitrogens with zero attached hydrogens (tertiary/aromatic N) is 2. The van der Waals surface area contributed by atoms with Crippen molar-refractivity contribution in [1.82, 2.24) is 15.5 Å². The normalized spacial score (nSPS) is 23.0. The van der Waals surface area contributed by atoms with Crippen molar-refractivity contribution >= 4 is 35.1 Å². The van der Waals surface area contributed by atoms with Crippen molar-refractivity contribution in [2.45, 2.75) is 32.2 Å². The van der Waals surface area contributed by atoms with Gasteiger partial charge < -0.3 is 15.1 Å². The van der Waals surface area contributed by atoms with Gasteiger partial charge in [0, 0.05) is 43.3 Å². The molecule has 0 bridgehead atoms. The van der Waals surface area contributed by atoms with Crippen molar-refractivity contribution in [3.63, 3.8) is 0 Å². The number of nitrogens with one attached hydrogen (secondary N) is 2. The predicted octanol–water partition coefficient (Wildman–Crippen LogP) is 1.68. The highest BCUT2D eigenvalue weighted by Crippen LogP contribution is 2.25. The summed E-state index contributed by atoms with van der Waals surface area (Å²) in [4.78, 5) is 39.7. The van der Waals surface area contributed by atoms with E-state index in [4.69, 9.17) is 11.6 Å². The third kappa shape index (κ3) is 3.77. The minimum atomic E-state index is -1.00. The molecule has 0 spiro atoms. The summed E-state index contributed by atoms with van der Waals surface area (Å²) in [5, 5.41) is 5.52. The first-order valence-corrected chi connectivity index (χ1v) is 9.09. The van der Waals surface area contributed by atoms with Crippen LogP contribution in [0.5, 0.6) is 0 Å². The summed E-state index contributed by atoms with van der Waals surface area (Å²) in [6, 6.07) is 5.33. The second-order valence-corrected chi connectivity index (χ2v) is 7.48. The van der Waals surface area contributed by atoms with Gasteiger partial charge in [-0.2, -0.15) is 0 Å². The molecule has 2 saturated heterocycles. The Labute approximate surface area is 157 Å². The molecule has 2 N–H and O–H groups in total. The van der Waals surface area contributed by atoms with Crippen LogP contribution in [0.4, 0.5) is 10.5 Å². The number of carbonyl (C=O) groups is 3. The van der Waals surface area contributed by atoms with Gasteiger partial charge in [-0.3, -0.25) is 14.9 Å². The van der Waals surface area contributed by atoms with Crippen molar-refractivity contribution in [2.24, 2.45) is 0 Å². The Hall–Kier alpha value is -2.28. The lowest BCUT2D eigenvalue weighted by atomic mass is 9.96. The molecule has 1 aromatic rings. The van der Waals surface area contributed by atoms with Crippen LogP contribution in [0.3, 0.4) is 0 Å². The molecule has 140 valence electrons. The van der Waals surface area contributed by atoms with Gasteiger partial charge in [0.25, 0.3) is 5.91 Å². The molecule has 0 aromatic heterocycles. The van der Waals surface area contributed by atoms with Gasteiger partial charge in [0.05, 0.1) is 0 Å². The van der Waals surface area contributed by atoms with E-state index in [0.29, 0.717) is 19.5 Å². The summed E-state index contributed by atoms with van der Waals surface area (Å²) >= 11 is 6.01. The molecule has 2 aliphatic rings. The SMILES string of the molecule is Cc1cc(Cl)ccc1N1CCN(C(=O)CCC2(C)NC(=O)NC2=O)CC1. The average Bonchev–Trinajstić information content (AvgIpc) is 2.85. The van der Waals surface area contributed by atoms with Crippen molar-refractivity contribution < 1.29 is 14.4 Å². The second-order valence-electron chi connectivity index (χ2n) is 7.04. The molecule has 3 rings (SSSR count). The number of rotatable bonds is 4. The van der Waals surface area contributed by atoms with Crippen LogP contribution in [-0.2, 0) is 9.59 Å². The number of anilines is 1. The Balaban J connectivity index is 1.52. The number of halogens is 1. The third-order valence-electron chi connectivity index (χ3n) is 5.09. The molecule has 2 heterocycles. The van der Waals surface area contributed by atoms with Crippen molar-refractivity contribution in [1.29, 1.82) is 0 Å². The standard InChI is InChI=1S/C18H23ClN4O3/c1-12-11-13(19)3-4-14(12)22-7-9-23(10-8-22)15(24)5-6-18(2)16(25)20-17(26)21-18/h3-4,11H,5-10H2,1-2H3,(H2,20,21,25,26). The van der Waals surface area contributed by atoms with Crippen LogP contribution in [0.1, 0.15) is 25.3 Å². The average molecular weight is 379 g/mol. The Morgan fingerprint density at radius 1 is 1.23 bits per heavy atom. The zero-order chi connectivity index (χ0) is 18.9. The number of benzene rings is 1. The molecule has 0 radical (unpaired) electrons. The van der Waals surface area contributed by atoms with Crippen LogP contribution in [-0.4, -0.2) is 54.5 Å². The van der Waals surface area contributed by atoms with E-state index in [1.165, 1.54) is 0 Å². The van der Waals surface area contributed by atoms with Gasteiger partial charge in [-0.25, -0.2) is 4.79 Å². The number of carbonyl (C=O) groups excluding carboxylic acids is 3. The first-order chi connectivity index (χ1) is 12.3. The monoisotopic (exact) mass is 378 g/mol. The Kier molecular flexibility index (Phi) is 5.09. The van der Waals surface area contributed by atoms with Crippen LogP contribution in [0, 0.1) is 6.92 Å². The molecule has 7 nitrogen and oxygen atoms in total. The predicted molar refractivity (Wildman–Crippen MR) is 99.3 cm³/mol. The molecule has 26 heavy (non-hydrogen) atoms. The molecule has 0 saturated carbocycles. The van der Waals surface area contributed by atoms with E-state index < -0.39 is 11.6 Å². The van der Waals surface area contributed by atoms with Gasteiger partial charge in [0.2, 0.25) is 5.91 Å². The number of piperazine rings is 1. The maximum Gasteiger partial charge on any atom is 0.322 e. The summed E-state index contributed by atoms with van der Waals surface area (Å²) in [6.07, 6.45) is 0.518. The molecular weight excluding hydrogens is 356 g/mol. The summed E-state index contributed by atoms with van der Waals surface area (Å²) in [6.45, 7) is 6.44. The molecule has 1 atom stereocenters. The van der Waals surface area contributed by atoms with Crippen molar-refractivity contribution in [2.75, 3.05) is 31.1 Å². The number of urea groups is 1. The lowest BCUT2D eigenvalue weighted by molar-refractivity contribution is -0.132. The van der Waals surface area contributed by atoms with E-state index in [2.05, 4.69) is 15.5 Å². The third-order valence-corrected chi connectivity index (χ3v) is 5.32. The van der Waals surface area contributed by atoms with E-state index in [-0.39, 0.29) is 18.2 Å². The van der Waals surface area contributed by atoms with Crippen molar-refractivity contribution in [3.05, 3.63) is 28.8 Å². The fraction of sp³-hybridized carbons (Fsp3) is 0.500. The molecule has 2 fully saturated rings. The van der Waals surface area contributed by atoms with E-state index in [9.17, 15) is 14.4 Å². The highest BCUT2D eigenvalue weighted by molar-refractivity contribution is 6.30. The lowest BCUT2D eigenvalue weighted by Crippen LogP contribution is -2.50. The number of aryl methyl sites for hydroxylation is 1. The van der Waals surface area contributed by atoms with E-state index >= 15 is 0 Å². The Bertz CT molecular complexity index is 746. The maximum atomic E-state index is 12.5. The van der Waals surface area contributed by atoms with Crippen molar-refractivity contribution in [3.8, 4) is 0 Å². The largest absolute Gasteiger partial charge is 0.368 e. The first kappa shape index (κ1) is 18.5. The summed E-state index contributed by atoms with van der Waals surface area (Å²) in [5.74, 6) is -0.369. The molecule has 2 aliphatic heterocycles.